The number of amides is 1. The van der Waals surface area contributed by atoms with E-state index in [1.807, 2.05) is 110 Å². The van der Waals surface area contributed by atoms with Crippen LogP contribution in [0.5, 0.6) is 0 Å². The number of anilines is 1. The Bertz CT molecular complexity index is 1870. The molecule has 0 aliphatic heterocycles. The number of nitrogens with zero attached hydrogens (tertiary/aromatic N) is 5. The van der Waals surface area contributed by atoms with Crippen molar-refractivity contribution in [2.24, 2.45) is 7.05 Å². The molecule has 0 spiro atoms. The van der Waals surface area contributed by atoms with E-state index >= 15 is 0 Å². The maximum atomic E-state index is 14.3. The SMILES string of the molecule is CC(C)N(C(=O)c1nn(-c2cnc3ccccc3c2)c(=O)c2c1c1ccccc1n2C)c1ccccc1. The lowest BCUT2D eigenvalue weighted by atomic mass is 10.1. The van der Waals surface area contributed by atoms with E-state index in [4.69, 9.17) is 5.10 Å². The Balaban J connectivity index is 1.69. The fourth-order valence-electron chi connectivity index (χ4n) is 5.03. The Kier molecular flexibility index (Phi) is 5.34. The van der Waals surface area contributed by atoms with Crippen molar-refractivity contribution in [3.05, 3.63) is 107 Å². The molecule has 182 valence electrons. The highest BCUT2D eigenvalue weighted by atomic mass is 16.2. The smallest absolute Gasteiger partial charge is 0.296 e. The molecule has 0 saturated heterocycles. The molecule has 7 heteroatoms. The van der Waals surface area contributed by atoms with Gasteiger partial charge >= 0.3 is 0 Å². The van der Waals surface area contributed by atoms with Crippen LogP contribution >= 0.6 is 0 Å². The van der Waals surface area contributed by atoms with Crippen molar-refractivity contribution in [3.63, 3.8) is 0 Å². The lowest BCUT2D eigenvalue weighted by Crippen LogP contribution is -2.39. The zero-order chi connectivity index (χ0) is 25.7. The highest BCUT2D eigenvalue weighted by Gasteiger charge is 2.28. The van der Waals surface area contributed by atoms with Gasteiger partial charge in [-0.2, -0.15) is 9.78 Å². The summed E-state index contributed by atoms with van der Waals surface area (Å²) in [6.07, 6.45) is 1.62. The van der Waals surface area contributed by atoms with Crippen LogP contribution in [0.25, 0.3) is 38.4 Å². The third-order valence-electron chi connectivity index (χ3n) is 6.73. The molecule has 3 aromatic carbocycles. The van der Waals surface area contributed by atoms with Crippen LogP contribution in [0.4, 0.5) is 5.69 Å². The number of aryl methyl sites for hydroxylation is 1. The Morgan fingerprint density at radius 3 is 2.41 bits per heavy atom. The molecule has 0 aliphatic rings. The number of hydrogen-bond acceptors (Lipinski definition) is 4. The predicted octanol–water partition coefficient (Wildman–Crippen LogP) is 5.48. The second kappa shape index (κ2) is 8.71. The van der Waals surface area contributed by atoms with Crippen molar-refractivity contribution in [2.45, 2.75) is 19.9 Å². The molecule has 0 N–H and O–H groups in total. The average molecular weight is 488 g/mol. The van der Waals surface area contributed by atoms with Gasteiger partial charge in [0, 0.05) is 40.5 Å². The van der Waals surface area contributed by atoms with Gasteiger partial charge < -0.3 is 9.47 Å². The fourth-order valence-corrected chi connectivity index (χ4v) is 5.03. The van der Waals surface area contributed by atoms with Crippen LogP contribution in [0.3, 0.4) is 0 Å². The zero-order valence-electron chi connectivity index (χ0n) is 20.8. The van der Waals surface area contributed by atoms with Gasteiger partial charge in [0.15, 0.2) is 5.69 Å². The van der Waals surface area contributed by atoms with E-state index in [2.05, 4.69) is 4.98 Å². The molecule has 0 fully saturated rings. The quantitative estimate of drug-likeness (QED) is 0.330. The molecule has 6 rings (SSSR count). The minimum absolute atomic E-state index is 0.135. The van der Waals surface area contributed by atoms with Crippen molar-refractivity contribution in [1.82, 2.24) is 19.3 Å². The number of carbonyl (C=O) groups excluding carboxylic acids is 1. The van der Waals surface area contributed by atoms with E-state index in [9.17, 15) is 9.59 Å². The van der Waals surface area contributed by atoms with Crippen LogP contribution < -0.4 is 10.5 Å². The molecule has 37 heavy (non-hydrogen) atoms. The van der Waals surface area contributed by atoms with Gasteiger partial charge in [-0.3, -0.25) is 14.6 Å². The summed E-state index contributed by atoms with van der Waals surface area (Å²) < 4.78 is 3.15. The van der Waals surface area contributed by atoms with Crippen LogP contribution in [-0.4, -0.2) is 31.3 Å². The van der Waals surface area contributed by atoms with Crippen molar-refractivity contribution in [1.29, 1.82) is 0 Å². The number of para-hydroxylation sites is 3. The average Bonchev–Trinajstić information content (AvgIpc) is 3.22. The molecule has 0 saturated carbocycles. The van der Waals surface area contributed by atoms with E-state index in [1.165, 1.54) is 4.68 Å². The fraction of sp³-hybridized carbons (Fsp3) is 0.133. The standard InChI is InChI=1S/C30H25N5O2/c1-19(2)34(21-12-5-4-6-13-21)29(36)27-26-23-14-8-10-16-25(23)33(3)28(26)30(37)35(32-27)22-17-20-11-7-9-15-24(20)31-18-22/h4-19H,1-3H3. The first-order valence-electron chi connectivity index (χ1n) is 12.2. The third kappa shape index (κ3) is 3.59. The van der Waals surface area contributed by atoms with Crippen molar-refractivity contribution >= 4 is 44.3 Å². The molecule has 0 unspecified atom stereocenters. The highest BCUT2D eigenvalue weighted by Crippen LogP contribution is 2.30. The number of rotatable bonds is 4. The minimum Gasteiger partial charge on any atom is -0.339 e. The van der Waals surface area contributed by atoms with E-state index < -0.39 is 0 Å². The largest absolute Gasteiger partial charge is 0.339 e. The first-order chi connectivity index (χ1) is 18.0. The van der Waals surface area contributed by atoms with Crippen LogP contribution in [0.1, 0.15) is 24.3 Å². The van der Waals surface area contributed by atoms with E-state index in [0.29, 0.717) is 16.6 Å². The van der Waals surface area contributed by atoms with Crippen LogP contribution in [-0.2, 0) is 7.05 Å². The van der Waals surface area contributed by atoms with Gasteiger partial charge in [0.05, 0.1) is 17.4 Å². The molecule has 3 aromatic heterocycles. The summed E-state index contributed by atoms with van der Waals surface area (Å²) in [4.78, 5) is 34.5. The van der Waals surface area contributed by atoms with Crippen LogP contribution in [0.2, 0.25) is 0 Å². The molecule has 0 aliphatic carbocycles. The van der Waals surface area contributed by atoms with Crippen LogP contribution in [0.15, 0.2) is 95.9 Å². The number of aromatic nitrogens is 4. The Hall–Kier alpha value is -4.78. The monoisotopic (exact) mass is 487 g/mol. The van der Waals surface area contributed by atoms with Crippen molar-refractivity contribution in [3.8, 4) is 5.69 Å². The number of hydrogen-bond donors (Lipinski definition) is 0. The van der Waals surface area contributed by atoms with Crippen molar-refractivity contribution < 1.29 is 4.79 Å². The van der Waals surface area contributed by atoms with E-state index in [-0.39, 0.29) is 23.2 Å². The summed E-state index contributed by atoms with van der Waals surface area (Å²) in [6, 6.07) is 26.7. The lowest BCUT2D eigenvalue weighted by Gasteiger charge is -2.27. The number of pyridine rings is 1. The summed E-state index contributed by atoms with van der Waals surface area (Å²) in [5.74, 6) is -0.273. The zero-order valence-corrected chi connectivity index (χ0v) is 20.8. The molecule has 7 nitrogen and oxygen atoms in total. The predicted molar refractivity (Wildman–Crippen MR) is 148 cm³/mol. The van der Waals surface area contributed by atoms with Gasteiger partial charge in [-0.1, -0.05) is 54.6 Å². The molecular formula is C30H25N5O2. The Morgan fingerprint density at radius 2 is 1.62 bits per heavy atom. The second-order valence-corrected chi connectivity index (χ2v) is 9.36. The topological polar surface area (TPSA) is 73.0 Å². The Labute approximate surface area is 213 Å². The van der Waals surface area contributed by atoms with Gasteiger partial charge in [-0.25, -0.2) is 0 Å². The summed E-state index contributed by atoms with van der Waals surface area (Å²) in [5.41, 5.74) is 3.27. The molecule has 1 amide bonds. The summed E-state index contributed by atoms with van der Waals surface area (Å²) in [7, 11) is 1.85. The molecule has 6 aromatic rings. The maximum absolute atomic E-state index is 14.3. The van der Waals surface area contributed by atoms with E-state index in [0.717, 1.165) is 27.5 Å². The lowest BCUT2D eigenvalue weighted by molar-refractivity contribution is 0.0975. The van der Waals surface area contributed by atoms with Crippen molar-refractivity contribution in [2.75, 3.05) is 4.90 Å². The molecule has 0 radical (unpaired) electrons. The molecule has 0 atom stereocenters. The summed E-state index contributed by atoms with van der Waals surface area (Å²) in [5, 5.41) is 6.98. The summed E-state index contributed by atoms with van der Waals surface area (Å²) in [6.45, 7) is 3.93. The van der Waals surface area contributed by atoms with Crippen LogP contribution in [0, 0.1) is 0 Å². The summed E-state index contributed by atoms with van der Waals surface area (Å²) >= 11 is 0. The number of benzene rings is 3. The van der Waals surface area contributed by atoms with Gasteiger partial charge in [-0.05, 0) is 44.2 Å². The first kappa shape index (κ1) is 22.7. The van der Waals surface area contributed by atoms with Gasteiger partial charge in [0.1, 0.15) is 5.52 Å². The normalized spacial score (nSPS) is 11.6. The van der Waals surface area contributed by atoms with E-state index in [1.54, 1.807) is 11.1 Å². The minimum atomic E-state index is -0.307. The number of fused-ring (bicyclic) bond motifs is 4. The number of carbonyl (C=O) groups is 1. The highest BCUT2D eigenvalue weighted by molar-refractivity contribution is 6.20. The van der Waals surface area contributed by atoms with Gasteiger partial charge in [-0.15, -0.1) is 0 Å². The first-order valence-corrected chi connectivity index (χ1v) is 12.2. The maximum Gasteiger partial charge on any atom is 0.296 e. The molecular weight excluding hydrogens is 462 g/mol. The molecule has 0 bridgehead atoms. The third-order valence-corrected chi connectivity index (χ3v) is 6.73. The Morgan fingerprint density at radius 1 is 0.919 bits per heavy atom. The van der Waals surface area contributed by atoms with Gasteiger partial charge in [0.25, 0.3) is 11.5 Å². The molecule has 3 heterocycles. The second-order valence-electron chi connectivity index (χ2n) is 9.36. The van der Waals surface area contributed by atoms with Gasteiger partial charge in [0.2, 0.25) is 0 Å².